The van der Waals surface area contributed by atoms with Gasteiger partial charge in [0.2, 0.25) is 0 Å². The molecule has 3 N–H and O–H groups in total. The standard InChI is InChI=1S/C18H16FN3O2S/c1-2-20-18(24)22-12-6-3-5-11(9-12)21-17(23)16-10-13-14(19)7-4-8-15(13)25-16/h3-10H,2H2,1H3,(H,21,23)(H2,20,22,24). The Hall–Kier alpha value is -2.93. The van der Waals surface area contributed by atoms with Crippen LogP contribution in [0.1, 0.15) is 16.6 Å². The number of urea groups is 1. The molecule has 3 rings (SSSR count). The molecule has 0 aliphatic heterocycles. The van der Waals surface area contributed by atoms with E-state index in [9.17, 15) is 14.0 Å². The van der Waals surface area contributed by atoms with E-state index in [0.29, 0.717) is 28.2 Å². The number of hydrogen-bond acceptors (Lipinski definition) is 3. The molecular weight excluding hydrogens is 341 g/mol. The van der Waals surface area contributed by atoms with Crippen LogP contribution in [0.25, 0.3) is 10.1 Å². The van der Waals surface area contributed by atoms with E-state index < -0.39 is 0 Å². The lowest BCUT2D eigenvalue weighted by Crippen LogP contribution is -2.28. The molecule has 0 aliphatic carbocycles. The van der Waals surface area contributed by atoms with E-state index in [2.05, 4.69) is 16.0 Å². The first-order chi connectivity index (χ1) is 12.1. The van der Waals surface area contributed by atoms with Crippen molar-refractivity contribution in [2.45, 2.75) is 6.92 Å². The van der Waals surface area contributed by atoms with E-state index in [1.54, 1.807) is 42.5 Å². The number of hydrogen-bond donors (Lipinski definition) is 3. The van der Waals surface area contributed by atoms with Crippen molar-refractivity contribution in [3.63, 3.8) is 0 Å². The largest absolute Gasteiger partial charge is 0.338 e. The summed E-state index contributed by atoms with van der Waals surface area (Å²) in [7, 11) is 0. The molecular formula is C18H16FN3O2S. The Bertz CT molecular complexity index is 939. The van der Waals surface area contributed by atoms with Gasteiger partial charge in [0.1, 0.15) is 5.82 Å². The maximum absolute atomic E-state index is 13.8. The molecule has 1 aromatic heterocycles. The van der Waals surface area contributed by atoms with Crippen molar-refractivity contribution in [1.82, 2.24) is 5.32 Å². The van der Waals surface area contributed by atoms with E-state index in [1.165, 1.54) is 17.4 Å². The Balaban J connectivity index is 1.76. The molecule has 5 nitrogen and oxygen atoms in total. The van der Waals surface area contributed by atoms with E-state index >= 15 is 0 Å². The minimum absolute atomic E-state index is 0.314. The van der Waals surface area contributed by atoms with Crippen LogP contribution < -0.4 is 16.0 Å². The predicted octanol–water partition coefficient (Wildman–Crippen LogP) is 4.43. The summed E-state index contributed by atoms with van der Waals surface area (Å²) in [5, 5.41) is 8.50. The molecule has 0 aliphatic rings. The maximum atomic E-state index is 13.8. The molecule has 0 unspecified atom stereocenters. The van der Waals surface area contributed by atoms with Gasteiger partial charge in [0.25, 0.3) is 5.91 Å². The molecule has 0 saturated heterocycles. The van der Waals surface area contributed by atoms with Crippen molar-refractivity contribution >= 4 is 44.7 Å². The fraction of sp³-hybridized carbons (Fsp3) is 0.111. The summed E-state index contributed by atoms with van der Waals surface area (Å²) in [5.74, 6) is -0.670. The number of anilines is 2. The third-order valence-electron chi connectivity index (χ3n) is 3.45. The van der Waals surface area contributed by atoms with Crippen LogP contribution in [0.5, 0.6) is 0 Å². The highest BCUT2D eigenvalue weighted by Gasteiger charge is 2.13. The zero-order valence-electron chi connectivity index (χ0n) is 13.4. The Kier molecular flexibility index (Phi) is 4.95. The summed E-state index contributed by atoms with van der Waals surface area (Å²) >= 11 is 1.23. The van der Waals surface area contributed by atoms with Gasteiger partial charge in [-0.15, -0.1) is 11.3 Å². The van der Waals surface area contributed by atoms with E-state index in [-0.39, 0.29) is 17.8 Å². The van der Waals surface area contributed by atoms with Gasteiger partial charge in [0, 0.05) is 28.0 Å². The van der Waals surface area contributed by atoms with Crippen LogP contribution in [0.4, 0.5) is 20.6 Å². The van der Waals surface area contributed by atoms with Crippen molar-refractivity contribution in [3.8, 4) is 0 Å². The summed E-state index contributed by atoms with van der Waals surface area (Å²) in [4.78, 5) is 24.4. The van der Waals surface area contributed by atoms with Gasteiger partial charge in [-0.3, -0.25) is 4.79 Å². The van der Waals surface area contributed by atoms with Gasteiger partial charge in [-0.05, 0) is 43.3 Å². The normalized spacial score (nSPS) is 10.5. The molecule has 0 atom stereocenters. The van der Waals surface area contributed by atoms with Crippen molar-refractivity contribution < 1.29 is 14.0 Å². The van der Waals surface area contributed by atoms with Crippen LogP contribution in [0.2, 0.25) is 0 Å². The van der Waals surface area contributed by atoms with Gasteiger partial charge in [0.15, 0.2) is 0 Å². The average molecular weight is 357 g/mol. The number of carbonyl (C=O) groups is 2. The number of carbonyl (C=O) groups excluding carboxylic acids is 2. The highest BCUT2D eigenvalue weighted by atomic mass is 32.1. The van der Waals surface area contributed by atoms with Crippen molar-refractivity contribution in [2.75, 3.05) is 17.2 Å². The molecule has 7 heteroatoms. The molecule has 2 aromatic carbocycles. The average Bonchev–Trinajstić information content (AvgIpc) is 3.01. The minimum Gasteiger partial charge on any atom is -0.338 e. The lowest BCUT2D eigenvalue weighted by atomic mass is 10.2. The van der Waals surface area contributed by atoms with Crippen LogP contribution in [0.3, 0.4) is 0 Å². The van der Waals surface area contributed by atoms with Crippen molar-refractivity contribution in [1.29, 1.82) is 0 Å². The molecule has 0 spiro atoms. The molecule has 25 heavy (non-hydrogen) atoms. The van der Waals surface area contributed by atoms with Crippen LogP contribution >= 0.6 is 11.3 Å². The Morgan fingerprint density at radius 1 is 1.04 bits per heavy atom. The highest BCUT2D eigenvalue weighted by Crippen LogP contribution is 2.28. The summed E-state index contributed by atoms with van der Waals surface area (Å²) in [6, 6.07) is 12.8. The number of amides is 3. The number of benzene rings is 2. The van der Waals surface area contributed by atoms with Gasteiger partial charge in [0.05, 0.1) is 4.88 Å². The van der Waals surface area contributed by atoms with Crippen molar-refractivity contribution in [3.05, 3.63) is 59.2 Å². The second-order valence-corrected chi connectivity index (χ2v) is 6.37. The summed E-state index contributed by atoms with van der Waals surface area (Å²) in [6.45, 7) is 2.34. The number of fused-ring (bicyclic) bond motifs is 1. The Labute approximate surface area is 147 Å². The van der Waals surface area contributed by atoms with Crippen LogP contribution in [0, 0.1) is 5.82 Å². The second kappa shape index (κ2) is 7.31. The zero-order valence-corrected chi connectivity index (χ0v) is 14.2. The first-order valence-electron chi connectivity index (χ1n) is 7.71. The lowest BCUT2D eigenvalue weighted by molar-refractivity contribution is 0.103. The SMILES string of the molecule is CCNC(=O)Nc1cccc(NC(=O)c2cc3c(F)cccc3s2)c1. The van der Waals surface area contributed by atoms with Crippen LogP contribution in [-0.4, -0.2) is 18.5 Å². The number of nitrogens with one attached hydrogen (secondary N) is 3. The quantitative estimate of drug-likeness (QED) is 0.646. The van der Waals surface area contributed by atoms with Gasteiger partial charge in [-0.2, -0.15) is 0 Å². The first kappa shape index (κ1) is 16.9. The van der Waals surface area contributed by atoms with E-state index in [1.807, 2.05) is 6.92 Å². The molecule has 1 heterocycles. The van der Waals surface area contributed by atoms with E-state index in [4.69, 9.17) is 0 Å². The van der Waals surface area contributed by atoms with Gasteiger partial charge in [-0.25, -0.2) is 9.18 Å². The number of halogens is 1. The fourth-order valence-corrected chi connectivity index (χ4v) is 3.31. The minimum atomic E-state index is -0.346. The first-order valence-corrected chi connectivity index (χ1v) is 8.53. The Morgan fingerprint density at radius 3 is 2.48 bits per heavy atom. The van der Waals surface area contributed by atoms with Gasteiger partial charge < -0.3 is 16.0 Å². The number of thiophene rings is 1. The Morgan fingerprint density at radius 2 is 1.76 bits per heavy atom. The molecule has 0 radical (unpaired) electrons. The number of rotatable bonds is 4. The molecule has 0 fully saturated rings. The summed E-state index contributed by atoms with van der Waals surface area (Å²) in [5.41, 5.74) is 1.10. The molecule has 128 valence electrons. The third kappa shape index (κ3) is 3.95. The monoisotopic (exact) mass is 357 g/mol. The smallest absolute Gasteiger partial charge is 0.319 e. The third-order valence-corrected chi connectivity index (χ3v) is 4.55. The van der Waals surface area contributed by atoms with Crippen LogP contribution in [0.15, 0.2) is 48.5 Å². The maximum Gasteiger partial charge on any atom is 0.319 e. The van der Waals surface area contributed by atoms with Crippen LogP contribution in [-0.2, 0) is 0 Å². The molecule has 3 amide bonds. The topological polar surface area (TPSA) is 70.2 Å². The molecule has 0 saturated carbocycles. The van der Waals surface area contributed by atoms with Crippen molar-refractivity contribution in [2.24, 2.45) is 0 Å². The lowest BCUT2D eigenvalue weighted by Gasteiger charge is -2.08. The van der Waals surface area contributed by atoms with Gasteiger partial charge >= 0.3 is 6.03 Å². The predicted molar refractivity (Wildman–Crippen MR) is 98.9 cm³/mol. The zero-order chi connectivity index (χ0) is 17.8. The molecule has 3 aromatic rings. The second-order valence-electron chi connectivity index (χ2n) is 5.28. The highest BCUT2D eigenvalue weighted by molar-refractivity contribution is 7.20. The fourth-order valence-electron chi connectivity index (χ4n) is 2.34. The van der Waals surface area contributed by atoms with E-state index in [0.717, 1.165) is 4.70 Å². The summed E-state index contributed by atoms with van der Waals surface area (Å²) in [6.07, 6.45) is 0. The summed E-state index contributed by atoms with van der Waals surface area (Å²) < 4.78 is 14.5. The van der Waals surface area contributed by atoms with Gasteiger partial charge in [-0.1, -0.05) is 12.1 Å². The molecule has 0 bridgehead atoms.